The number of carbonyl (C=O) groups excluding carboxylic acids is 1. The van der Waals surface area contributed by atoms with E-state index >= 15 is 0 Å². The Bertz CT molecular complexity index is 1120. The molecule has 0 spiro atoms. The molecule has 0 atom stereocenters. The van der Waals surface area contributed by atoms with Gasteiger partial charge >= 0.3 is 5.91 Å². The number of benzene rings is 1. The van der Waals surface area contributed by atoms with Gasteiger partial charge < -0.3 is 4.57 Å². The zero-order valence-corrected chi connectivity index (χ0v) is 15.0. The summed E-state index contributed by atoms with van der Waals surface area (Å²) < 4.78 is 2.86. The van der Waals surface area contributed by atoms with Crippen LogP contribution < -0.4 is 0 Å². The molecule has 0 bridgehead atoms. The van der Waals surface area contributed by atoms with E-state index in [9.17, 15) is 9.70 Å². The summed E-state index contributed by atoms with van der Waals surface area (Å²) in [7, 11) is 0. The Hall–Kier alpha value is -2.83. The summed E-state index contributed by atoms with van der Waals surface area (Å²) in [5, 5.41) is 6.23. The molecule has 0 unspecified atom stereocenters. The van der Waals surface area contributed by atoms with Crippen LogP contribution in [0.4, 0.5) is 0 Å². The number of thiophene rings is 1. The Morgan fingerprint density at radius 1 is 1.19 bits per heavy atom. The number of hydrogen-bond acceptors (Lipinski definition) is 4. The lowest BCUT2D eigenvalue weighted by atomic mass is 10.1. The average molecular weight is 382 g/mol. The third-order valence-electron chi connectivity index (χ3n) is 4.19. The number of pyridine rings is 1. The van der Waals surface area contributed by atoms with Crippen molar-refractivity contribution in [2.75, 3.05) is 0 Å². The molecule has 128 valence electrons. The molecule has 5 nitrogen and oxygen atoms in total. The van der Waals surface area contributed by atoms with Crippen molar-refractivity contribution >= 4 is 38.9 Å². The number of halogens is 1. The zero-order chi connectivity index (χ0) is 18.1. The van der Waals surface area contributed by atoms with Gasteiger partial charge in [-0.1, -0.05) is 17.7 Å². The third-order valence-corrected chi connectivity index (χ3v) is 5.50. The first-order chi connectivity index (χ1) is 12.7. The van der Waals surface area contributed by atoms with Crippen molar-refractivity contribution in [2.24, 2.45) is 5.18 Å². The molecule has 0 aliphatic carbocycles. The molecule has 0 radical (unpaired) electrons. The molecule has 3 heterocycles. The van der Waals surface area contributed by atoms with E-state index in [1.165, 1.54) is 0 Å². The van der Waals surface area contributed by atoms with Gasteiger partial charge in [0, 0.05) is 44.8 Å². The van der Waals surface area contributed by atoms with Gasteiger partial charge in [-0.15, -0.1) is 16.2 Å². The summed E-state index contributed by atoms with van der Waals surface area (Å²) in [4.78, 5) is 27.0. The topological polar surface area (TPSA) is 64.3 Å². The Kier molecular flexibility index (Phi) is 4.36. The van der Waals surface area contributed by atoms with Gasteiger partial charge in [-0.3, -0.25) is 9.78 Å². The summed E-state index contributed by atoms with van der Waals surface area (Å²) in [6.45, 7) is 0.400. The van der Waals surface area contributed by atoms with Gasteiger partial charge in [0.1, 0.15) is 5.69 Å². The molecule has 1 amide bonds. The predicted octanol–water partition coefficient (Wildman–Crippen LogP) is 5.37. The fraction of sp³-hybridized carbons (Fsp3) is 0.0526. The van der Waals surface area contributed by atoms with Crippen LogP contribution in [0.15, 0.2) is 65.4 Å². The number of fused-ring (bicyclic) bond motifs is 1. The lowest BCUT2D eigenvalue weighted by Crippen LogP contribution is -2.09. The number of hydrogen-bond donors (Lipinski definition) is 0. The van der Waals surface area contributed by atoms with Crippen LogP contribution in [0.5, 0.6) is 0 Å². The maximum Gasteiger partial charge on any atom is 0.333 e. The average Bonchev–Trinajstić information content (AvgIpc) is 3.27. The van der Waals surface area contributed by atoms with Gasteiger partial charge in [0.25, 0.3) is 0 Å². The smallest absolute Gasteiger partial charge is 0.332 e. The Morgan fingerprint density at radius 3 is 2.85 bits per heavy atom. The van der Waals surface area contributed by atoms with E-state index in [1.54, 1.807) is 40.4 Å². The van der Waals surface area contributed by atoms with E-state index in [0.29, 0.717) is 11.6 Å². The monoisotopic (exact) mass is 381 g/mol. The van der Waals surface area contributed by atoms with Crippen LogP contribution in [0.1, 0.15) is 16.1 Å². The SMILES string of the molecule is O=NC(=O)c1ccc(-c2cccnc2)n1Cc1csc2cccc(Cl)c12. The second kappa shape index (κ2) is 6.82. The predicted molar refractivity (Wildman–Crippen MR) is 104 cm³/mol. The fourth-order valence-corrected chi connectivity index (χ4v) is 4.36. The van der Waals surface area contributed by atoms with Crippen LogP contribution in [-0.2, 0) is 6.54 Å². The quantitative estimate of drug-likeness (QED) is 0.446. The van der Waals surface area contributed by atoms with Gasteiger partial charge in [-0.2, -0.15) is 0 Å². The minimum Gasteiger partial charge on any atom is -0.332 e. The van der Waals surface area contributed by atoms with E-state index in [1.807, 2.05) is 35.7 Å². The van der Waals surface area contributed by atoms with Crippen LogP contribution in [0.2, 0.25) is 5.02 Å². The molecule has 0 saturated heterocycles. The normalized spacial score (nSPS) is 11.0. The highest BCUT2D eigenvalue weighted by Crippen LogP contribution is 2.34. The number of nitrogens with zero attached hydrogens (tertiary/aromatic N) is 3. The van der Waals surface area contributed by atoms with Crippen molar-refractivity contribution in [2.45, 2.75) is 6.54 Å². The van der Waals surface area contributed by atoms with Crippen molar-refractivity contribution in [3.05, 3.63) is 81.4 Å². The Labute approximate surface area is 157 Å². The molecule has 4 aromatic rings. The van der Waals surface area contributed by atoms with Gasteiger partial charge in [-0.25, -0.2) is 0 Å². The molecule has 7 heteroatoms. The molecule has 0 saturated carbocycles. The van der Waals surface area contributed by atoms with Crippen LogP contribution in [0.25, 0.3) is 21.3 Å². The van der Waals surface area contributed by atoms with E-state index in [2.05, 4.69) is 10.2 Å². The van der Waals surface area contributed by atoms with Gasteiger partial charge in [0.2, 0.25) is 0 Å². The van der Waals surface area contributed by atoms with E-state index in [4.69, 9.17) is 11.6 Å². The first kappa shape index (κ1) is 16.6. The molecular weight excluding hydrogens is 370 g/mol. The highest BCUT2D eigenvalue weighted by molar-refractivity contribution is 7.17. The second-order valence-electron chi connectivity index (χ2n) is 5.70. The number of nitroso groups, excluding NO2 is 1. The number of carbonyl (C=O) groups is 1. The van der Waals surface area contributed by atoms with Crippen LogP contribution in [0, 0.1) is 4.91 Å². The number of rotatable bonds is 4. The number of aromatic nitrogens is 2. The zero-order valence-electron chi connectivity index (χ0n) is 13.4. The van der Waals surface area contributed by atoms with Crippen LogP contribution in [-0.4, -0.2) is 15.5 Å². The van der Waals surface area contributed by atoms with Crippen LogP contribution >= 0.6 is 22.9 Å². The highest BCUT2D eigenvalue weighted by atomic mass is 35.5. The maximum absolute atomic E-state index is 12.0. The van der Waals surface area contributed by atoms with Crippen LogP contribution in [0.3, 0.4) is 0 Å². The van der Waals surface area contributed by atoms with E-state index in [-0.39, 0.29) is 5.69 Å². The van der Waals surface area contributed by atoms with Crippen molar-refractivity contribution < 1.29 is 4.79 Å². The minimum absolute atomic E-state index is 0.241. The maximum atomic E-state index is 12.0. The molecular formula is C19H12ClN3O2S. The first-order valence-electron chi connectivity index (χ1n) is 7.81. The largest absolute Gasteiger partial charge is 0.333 e. The van der Waals surface area contributed by atoms with Crippen molar-refractivity contribution in [3.8, 4) is 11.3 Å². The van der Waals surface area contributed by atoms with Gasteiger partial charge in [0.05, 0.1) is 5.69 Å². The molecule has 0 aliphatic rings. The molecule has 0 aliphatic heterocycles. The minimum atomic E-state index is -0.800. The van der Waals surface area contributed by atoms with Gasteiger partial charge in [0.15, 0.2) is 0 Å². The number of amides is 1. The molecule has 0 N–H and O–H groups in total. The molecule has 26 heavy (non-hydrogen) atoms. The van der Waals surface area contributed by atoms with Crippen molar-refractivity contribution in [3.63, 3.8) is 0 Å². The fourth-order valence-electron chi connectivity index (χ4n) is 3.03. The lowest BCUT2D eigenvalue weighted by Gasteiger charge is -2.12. The summed E-state index contributed by atoms with van der Waals surface area (Å²) in [5.41, 5.74) is 2.86. The third kappa shape index (κ3) is 2.83. The Balaban J connectivity index is 1.88. The summed E-state index contributed by atoms with van der Waals surface area (Å²) in [6, 6.07) is 12.9. The molecule has 0 fully saturated rings. The Morgan fingerprint density at radius 2 is 2.08 bits per heavy atom. The second-order valence-corrected chi connectivity index (χ2v) is 7.02. The van der Waals surface area contributed by atoms with Crippen molar-refractivity contribution in [1.29, 1.82) is 0 Å². The first-order valence-corrected chi connectivity index (χ1v) is 9.07. The standard InChI is InChI=1S/C19H12ClN3O2S/c20-14-4-1-5-17-18(14)13(11-26-17)10-23-15(12-3-2-8-21-9-12)6-7-16(23)19(24)22-25/h1-9,11H,10H2. The van der Waals surface area contributed by atoms with Crippen molar-refractivity contribution in [1.82, 2.24) is 9.55 Å². The highest BCUT2D eigenvalue weighted by Gasteiger charge is 2.19. The lowest BCUT2D eigenvalue weighted by molar-refractivity contribution is 0.0992. The van der Waals surface area contributed by atoms with Gasteiger partial charge in [-0.05, 0) is 47.3 Å². The summed E-state index contributed by atoms with van der Waals surface area (Å²) in [5.74, 6) is -0.800. The summed E-state index contributed by atoms with van der Waals surface area (Å²) >= 11 is 7.97. The van der Waals surface area contributed by atoms with E-state index in [0.717, 1.165) is 26.9 Å². The summed E-state index contributed by atoms with van der Waals surface area (Å²) in [6.07, 6.45) is 3.40. The molecule has 3 aromatic heterocycles. The van der Waals surface area contributed by atoms with E-state index < -0.39 is 5.91 Å². The molecule has 4 rings (SSSR count). The molecule has 1 aromatic carbocycles.